The Bertz CT molecular complexity index is 995. The molecule has 0 aliphatic rings. The molecule has 30 heavy (non-hydrogen) atoms. The van der Waals surface area contributed by atoms with Crippen LogP contribution < -0.4 is 4.74 Å². The van der Waals surface area contributed by atoms with E-state index in [0.717, 1.165) is 11.3 Å². The highest BCUT2D eigenvalue weighted by Gasteiger charge is 2.24. The minimum Gasteiger partial charge on any atom is -0.486 e. The molecule has 0 aliphatic carbocycles. The average molecular weight is 446 g/mol. The summed E-state index contributed by atoms with van der Waals surface area (Å²) in [5.74, 6) is 1.09. The maximum atomic E-state index is 12.3. The first-order valence-electron chi connectivity index (χ1n) is 9.75. The van der Waals surface area contributed by atoms with Crippen molar-refractivity contribution in [3.8, 4) is 11.4 Å². The number of halogens is 1. The first-order valence-corrected chi connectivity index (χ1v) is 11.0. The molecule has 3 rings (SSSR count). The van der Waals surface area contributed by atoms with Gasteiger partial charge in [0.25, 0.3) is 0 Å². The third kappa shape index (κ3) is 5.34. The number of nitrogens with zero attached hydrogens (tertiary/aromatic N) is 3. The maximum absolute atomic E-state index is 12.3. The number of carbonyl (C=O) groups excluding carboxylic acids is 1. The minimum absolute atomic E-state index is 0.222. The van der Waals surface area contributed by atoms with E-state index in [9.17, 15) is 4.79 Å². The Kier molecular flexibility index (Phi) is 7.76. The van der Waals surface area contributed by atoms with Crippen molar-refractivity contribution in [1.29, 1.82) is 0 Å². The summed E-state index contributed by atoms with van der Waals surface area (Å²) in [4.78, 5) is 12.3. The number of aromatic nitrogens is 3. The first kappa shape index (κ1) is 22.2. The maximum Gasteiger partial charge on any atom is 0.319 e. The van der Waals surface area contributed by atoms with Gasteiger partial charge < -0.3 is 9.47 Å². The van der Waals surface area contributed by atoms with Gasteiger partial charge in [-0.25, -0.2) is 0 Å². The molecule has 1 aromatic heterocycles. The van der Waals surface area contributed by atoms with Gasteiger partial charge in [0.15, 0.2) is 11.0 Å². The summed E-state index contributed by atoms with van der Waals surface area (Å²) in [6.07, 6.45) is 0.626. The number of hydrogen-bond acceptors (Lipinski definition) is 6. The number of para-hydroxylation sites is 1. The van der Waals surface area contributed by atoms with Crippen LogP contribution in [-0.2, 0) is 16.1 Å². The second-order valence-corrected chi connectivity index (χ2v) is 8.11. The number of thioether (sulfide) groups is 1. The van der Waals surface area contributed by atoms with Crippen LogP contribution in [0.15, 0.2) is 53.7 Å². The van der Waals surface area contributed by atoms with Crippen LogP contribution in [0.4, 0.5) is 0 Å². The molecule has 0 amide bonds. The van der Waals surface area contributed by atoms with E-state index in [1.807, 2.05) is 60.9 Å². The predicted molar refractivity (Wildman–Crippen MR) is 118 cm³/mol. The van der Waals surface area contributed by atoms with E-state index < -0.39 is 0 Å². The average Bonchev–Trinajstić information content (AvgIpc) is 3.16. The molecular weight excluding hydrogens is 422 g/mol. The second kappa shape index (κ2) is 10.5. The normalized spacial score (nSPS) is 11.9. The molecule has 0 fully saturated rings. The summed E-state index contributed by atoms with van der Waals surface area (Å²) in [6, 6.07) is 15.3. The van der Waals surface area contributed by atoms with E-state index >= 15 is 0 Å². The van der Waals surface area contributed by atoms with E-state index in [-0.39, 0.29) is 17.8 Å². The van der Waals surface area contributed by atoms with Gasteiger partial charge in [0.05, 0.1) is 6.61 Å². The highest BCUT2D eigenvalue weighted by Crippen LogP contribution is 2.29. The standard InChI is InChI=1S/C22H24ClN3O3S/c1-4-19(21(27)28-5-2)30-22-25-24-20(26(22)16-9-7-6-8-10-16)14-29-17-11-12-18(23)15(3)13-17/h6-13,19H,4-5,14H2,1-3H3. The Morgan fingerprint density at radius 1 is 1.17 bits per heavy atom. The lowest BCUT2D eigenvalue weighted by molar-refractivity contribution is -0.142. The van der Waals surface area contributed by atoms with E-state index in [1.54, 1.807) is 13.0 Å². The zero-order valence-corrected chi connectivity index (χ0v) is 18.7. The van der Waals surface area contributed by atoms with Crippen molar-refractivity contribution >= 4 is 29.3 Å². The van der Waals surface area contributed by atoms with Crippen molar-refractivity contribution in [1.82, 2.24) is 14.8 Å². The van der Waals surface area contributed by atoms with E-state index in [1.165, 1.54) is 11.8 Å². The SMILES string of the molecule is CCOC(=O)C(CC)Sc1nnc(COc2ccc(Cl)c(C)c2)n1-c1ccccc1. The van der Waals surface area contributed by atoms with Gasteiger partial charge in [0.2, 0.25) is 0 Å². The molecule has 0 radical (unpaired) electrons. The van der Waals surface area contributed by atoms with Gasteiger partial charge in [-0.2, -0.15) is 0 Å². The molecule has 1 unspecified atom stereocenters. The van der Waals surface area contributed by atoms with Gasteiger partial charge in [-0.1, -0.05) is 48.5 Å². The molecule has 158 valence electrons. The van der Waals surface area contributed by atoms with Crippen LogP contribution >= 0.6 is 23.4 Å². The number of esters is 1. The molecule has 0 aliphatic heterocycles. The Labute approximate surface area is 185 Å². The van der Waals surface area contributed by atoms with Gasteiger partial charge in [-0.05, 0) is 56.2 Å². The Morgan fingerprint density at radius 2 is 1.93 bits per heavy atom. The van der Waals surface area contributed by atoms with E-state index in [0.29, 0.717) is 34.8 Å². The van der Waals surface area contributed by atoms with Crippen molar-refractivity contribution in [3.05, 3.63) is 64.9 Å². The molecule has 8 heteroatoms. The summed E-state index contributed by atoms with van der Waals surface area (Å²) in [7, 11) is 0. The van der Waals surface area contributed by atoms with Gasteiger partial charge in [-0.3, -0.25) is 9.36 Å². The molecule has 0 saturated carbocycles. The second-order valence-electron chi connectivity index (χ2n) is 6.54. The third-order valence-corrected chi connectivity index (χ3v) is 6.09. The fourth-order valence-electron chi connectivity index (χ4n) is 2.82. The Morgan fingerprint density at radius 3 is 2.60 bits per heavy atom. The fraction of sp³-hybridized carbons (Fsp3) is 0.318. The molecular formula is C22H24ClN3O3S. The molecule has 6 nitrogen and oxygen atoms in total. The van der Waals surface area contributed by atoms with E-state index in [4.69, 9.17) is 21.1 Å². The number of aryl methyl sites for hydroxylation is 1. The quantitative estimate of drug-likeness (QED) is 0.331. The van der Waals surface area contributed by atoms with Crippen molar-refractivity contribution < 1.29 is 14.3 Å². The zero-order valence-electron chi connectivity index (χ0n) is 17.2. The molecule has 0 bridgehead atoms. The number of hydrogen-bond donors (Lipinski definition) is 0. The van der Waals surface area contributed by atoms with Crippen LogP contribution in [0.1, 0.15) is 31.7 Å². The highest BCUT2D eigenvalue weighted by atomic mass is 35.5. The Balaban J connectivity index is 1.88. The molecule has 2 aromatic carbocycles. The van der Waals surface area contributed by atoms with Crippen LogP contribution in [0.5, 0.6) is 5.75 Å². The molecule has 1 atom stereocenters. The largest absolute Gasteiger partial charge is 0.486 e. The zero-order chi connectivity index (χ0) is 21.5. The van der Waals surface area contributed by atoms with Crippen molar-refractivity contribution in [2.75, 3.05) is 6.61 Å². The molecule has 1 heterocycles. The highest BCUT2D eigenvalue weighted by molar-refractivity contribution is 8.00. The van der Waals surface area contributed by atoms with Crippen LogP contribution in [-0.4, -0.2) is 32.6 Å². The lowest BCUT2D eigenvalue weighted by atomic mass is 10.2. The number of ether oxygens (including phenoxy) is 2. The van der Waals surface area contributed by atoms with Crippen LogP contribution in [0.2, 0.25) is 5.02 Å². The summed E-state index contributed by atoms with van der Waals surface area (Å²) in [5.41, 5.74) is 1.84. The molecule has 3 aromatic rings. The third-order valence-electron chi connectivity index (χ3n) is 4.38. The lowest BCUT2D eigenvalue weighted by Gasteiger charge is -2.15. The molecule has 0 saturated heterocycles. The fourth-order valence-corrected chi connectivity index (χ4v) is 3.93. The first-order chi connectivity index (χ1) is 14.5. The summed E-state index contributed by atoms with van der Waals surface area (Å²) >= 11 is 7.44. The van der Waals surface area contributed by atoms with Crippen molar-refractivity contribution in [2.24, 2.45) is 0 Å². The van der Waals surface area contributed by atoms with Crippen LogP contribution in [0, 0.1) is 6.92 Å². The van der Waals surface area contributed by atoms with Crippen molar-refractivity contribution in [3.63, 3.8) is 0 Å². The van der Waals surface area contributed by atoms with Gasteiger partial charge in [0.1, 0.15) is 17.6 Å². The number of benzene rings is 2. The minimum atomic E-state index is -0.357. The smallest absolute Gasteiger partial charge is 0.319 e. The monoisotopic (exact) mass is 445 g/mol. The van der Waals surface area contributed by atoms with Gasteiger partial charge in [-0.15, -0.1) is 10.2 Å². The molecule has 0 spiro atoms. The number of rotatable bonds is 9. The van der Waals surface area contributed by atoms with Crippen molar-refractivity contribution in [2.45, 2.75) is 44.2 Å². The summed E-state index contributed by atoms with van der Waals surface area (Å²) < 4.78 is 13.0. The van der Waals surface area contributed by atoms with Crippen LogP contribution in [0.3, 0.4) is 0 Å². The van der Waals surface area contributed by atoms with E-state index in [2.05, 4.69) is 10.2 Å². The summed E-state index contributed by atoms with van der Waals surface area (Å²) in [6.45, 7) is 6.25. The number of carbonyl (C=O) groups is 1. The van der Waals surface area contributed by atoms with Gasteiger partial charge >= 0.3 is 5.97 Å². The lowest BCUT2D eigenvalue weighted by Crippen LogP contribution is -2.20. The van der Waals surface area contributed by atoms with Gasteiger partial charge in [0, 0.05) is 10.7 Å². The van der Waals surface area contributed by atoms with Crippen LogP contribution in [0.25, 0.3) is 5.69 Å². The topological polar surface area (TPSA) is 66.2 Å². The molecule has 0 N–H and O–H groups in total. The predicted octanol–water partition coefficient (Wildman–Crippen LogP) is 5.24. The summed E-state index contributed by atoms with van der Waals surface area (Å²) in [5, 5.41) is 9.62. The Hall–Kier alpha value is -2.51.